The van der Waals surface area contributed by atoms with Gasteiger partial charge in [0.15, 0.2) is 0 Å². The van der Waals surface area contributed by atoms with Gasteiger partial charge in [-0.2, -0.15) is 4.68 Å². The van der Waals surface area contributed by atoms with Crippen LogP contribution in [0.4, 0.5) is 0 Å². The van der Waals surface area contributed by atoms with Gasteiger partial charge in [0, 0.05) is 7.05 Å². The van der Waals surface area contributed by atoms with E-state index in [0.29, 0.717) is 16.7 Å². The molecule has 0 atom stereocenters. The van der Waals surface area contributed by atoms with Gasteiger partial charge < -0.3 is 4.57 Å². The summed E-state index contributed by atoms with van der Waals surface area (Å²) in [5, 5.41) is 4.26. The molecule has 0 aliphatic heterocycles. The number of aromatic nitrogens is 4. The predicted molar refractivity (Wildman–Crippen MR) is 88.3 cm³/mol. The molecule has 0 unspecified atom stereocenters. The normalized spacial score (nSPS) is 11.4. The van der Waals surface area contributed by atoms with Crippen LogP contribution in [-0.4, -0.2) is 18.7 Å². The van der Waals surface area contributed by atoms with Gasteiger partial charge in [-0.15, -0.1) is 5.10 Å². The molecule has 2 heterocycles. The molecule has 0 spiro atoms. The van der Waals surface area contributed by atoms with Crippen LogP contribution in [-0.2, 0) is 7.05 Å². The summed E-state index contributed by atoms with van der Waals surface area (Å²) in [4.78, 5) is 25.3. The first-order valence-corrected chi connectivity index (χ1v) is 7.24. The summed E-state index contributed by atoms with van der Waals surface area (Å²) < 4.78 is 4.15. The lowest BCUT2D eigenvalue weighted by atomic mass is 10.2. The molecule has 0 radical (unpaired) electrons. The SMILES string of the molecule is Cc1ccc(-n2nc3c(=O)n(C)c4ccccc4n3c2=O)cc1. The fourth-order valence-electron chi connectivity index (χ4n) is 2.77. The summed E-state index contributed by atoms with van der Waals surface area (Å²) >= 11 is 0. The van der Waals surface area contributed by atoms with Crippen molar-refractivity contribution >= 4 is 16.7 Å². The molecule has 6 nitrogen and oxygen atoms in total. The van der Waals surface area contributed by atoms with Crippen molar-refractivity contribution in [3.05, 3.63) is 74.9 Å². The summed E-state index contributed by atoms with van der Waals surface area (Å²) in [5.41, 5.74) is 2.55. The fraction of sp³-hybridized carbons (Fsp3) is 0.118. The van der Waals surface area contributed by atoms with E-state index in [1.165, 1.54) is 13.6 Å². The Kier molecular flexibility index (Phi) is 2.74. The Morgan fingerprint density at radius 3 is 2.26 bits per heavy atom. The molecule has 114 valence electrons. The third-order valence-corrected chi connectivity index (χ3v) is 4.04. The second kappa shape index (κ2) is 4.67. The summed E-state index contributed by atoms with van der Waals surface area (Å²) in [6.45, 7) is 1.97. The molecule has 23 heavy (non-hydrogen) atoms. The summed E-state index contributed by atoms with van der Waals surface area (Å²) in [6, 6.07) is 14.7. The molecule has 0 fully saturated rings. The number of hydrogen-bond acceptors (Lipinski definition) is 3. The van der Waals surface area contributed by atoms with Crippen molar-refractivity contribution in [1.29, 1.82) is 0 Å². The third kappa shape index (κ3) is 1.85. The van der Waals surface area contributed by atoms with Crippen LogP contribution in [0.1, 0.15) is 5.56 Å². The van der Waals surface area contributed by atoms with Gasteiger partial charge in [0.2, 0.25) is 5.65 Å². The van der Waals surface area contributed by atoms with E-state index in [0.717, 1.165) is 5.56 Å². The maximum absolute atomic E-state index is 12.8. The van der Waals surface area contributed by atoms with Crippen LogP contribution in [0.2, 0.25) is 0 Å². The highest BCUT2D eigenvalue weighted by molar-refractivity contribution is 5.77. The molecule has 0 aliphatic rings. The molecule has 0 amide bonds. The number of aryl methyl sites for hydroxylation is 2. The van der Waals surface area contributed by atoms with Gasteiger partial charge in [-0.1, -0.05) is 29.8 Å². The molecule has 0 saturated carbocycles. The van der Waals surface area contributed by atoms with Crippen LogP contribution in [0.15, 0.2) is 58.1 Å². The van der Waals surface area contributed by atoms with Crippen LogP contribution in [0.25, 0.3) is 22.4 Å². The van der Waals surface area contributed by atoms with E-state index in [4.69, 9.17) is 0 Å². The molecule has 0 saturated heterocycles. The van der Waals surface area contributed by atoms with Crippen LogP contribution in [0, 0.1) is 6.92 Å². The van der Waals surface area contributed by atoms with E-state index in [1.54, 1.807) is 7.05 Å². The van der Waals surface area contributed by atoms with Gasteiger partial charge in [0.1, 0.15) is 0 Å². The van der Waals surface area contributed by atoms with E-state index >= 15 is 0 Å². The van der Waals surface area contributed by atoms with Crippen LogP contribution >= 0.6 is 0 Å². The first kappa shape index (κ1) is 13.5. The van der Waals surface area contributed by atoms with Gasteiger partial charge >= 0.3 is 5.69 Å². The minimum absolute atomic E-state index is 0.122. The quantitative estimate of drug-likeness (QED) is 0.537. The number of benzene rings is 2. The van der Waals surface area contributed by atoms with Crippen LogP contribution < -0.4 is 11.2 Å². The molecule has 2 aromatic heterocycles. The topological polar surface area (TPSA) is 61.3 Å². The van der Waals surface area contributed by atoms with E-state index < -0.39 is 0 Å². The second-order valence-corrected chi connectivity index (χ2v) is 5.54. The Labute approximate surface area is 130 Å². The zero-order valence-corrected chi connectivity index (χ0v) is 12.7. The highest BCUT2D eigenvalue weighted by Crippen LogP contribution is 2.12. The smallest absolute Gasteiger partial charge is 0.307 e. The first-order valence-electron chi connectivity index (χ1n) is 7.24. The third-order valence-electron chi connectivity index (χ3n) is 4.04. The molecule has 4 rings (SSSR count). The highest BCUT2D eigenvalue weighted by Gasteiger charge is 2.16. The van der Waals surface area contributed by atoms with E-state index in [2.05, 4.69) is 5.10 Å². The second-order valence-electron chi connectivity index (χ2n) is 5.54. The van der Waals surface area contributed by atoms with Crippen LogP contribution in [0.5, 0.6) is 0 Å². The Morgan fingerprint density at radius 2 is 1.57 bits per heavy atom. The molecule has 4 aromatic rings. The zero-order chi connectivity index (χ0) is 16.1. The molecular formula is C17H14N4O2. The molecule has 0 N–H and O–H groups in total. The molecule has 0 aliphatic carbocycles. The summed E-state index contributed by atoms with van der Waals surface area (Å²) in [7, 11) is 1.68. The predicted octanol–water partition coefficient (Wildman–Crippen LogP) is 1.65. The molecular weight excluding hydrogens is 292 g/mol. The monoisotopic (exact) mass is 306 g/mol. The minimum Gasteiger partial charge on any atom is -0.307 e. The average molecular weight is 306 g/mol. The van der Waals surface area contributed by atoms with Crippen molar-refractivity contribution < 1.29 is 0 Å². The Morgan fingerprint density at radius 1 is 0.913 bits per heavy atom. The van der Waals surface area contributed by atoms with Gasteiger partial charge in [-0.05, 0) is 31.2 Å². The van der Waals surface area contributed by atoms with E-state index in [-0.39, 0.29) is 16.9 Å². The standard InChI is InChI=1S/C17H14N4O2/c1-11-7-9-12(10-8-11)21-17(23)20-14-6-4-3-5-13(14)19(2)16(22)15(20)18-21/h3-10H,1-2H3. The average Bonchev–Trinajstić information content (AvgIpc) is 2.91. The Hall–Kier alpha value is -3.15. The number of fused-ring (bicyclic) bond motifs is 3. The minimum atomic E-state index is -0.349. The van der Waals surface area contributed by atoms with Gasteiger partial charge in [-0.3, -0.25) is 4.79 Å². The van der Waals surface area contributed by atoms with Crippen molar-refractivity contribution in [2.75, 3.05) is 0 Å². The number of rotatable bonds is 1. The molecule has 6 heteroatoms. The number of para-hydroxylation sites is 2. The van der Waals surface area contributed by atoms with Crippen molar-refractivity contribution in [3.63, 3.8) is 0 Å². The van der Waals surface area contributed by atoms with Crippen molar-refractivity contribution in [2.24, 2.45) is 7.05 Å². The van der Waals surface area contributed by atoms with E-state index in [1.807, 2.05) is 55.5 Å². The number of hydrogen-bond donors (Lipinski definition) is 0. The van der Waals surface area contributed by atoms with Gasteiger partial charge in [0.05, 0.1) is 16.7 Å². The summed E-state index contributed by atoms with van der Waals surface area (Å²) in [6.07, 6.45) is 0. The molecule has 0 bridgehead atoms. The largest absolute Gasteiger partial charge is 0.355 e. The van der Waals surface area contributed by atoms with Crippen molar-refractivity contribution in [2.45, 2.75) is 6.92 Å². The lowest BCUT2D eigenvalue weighted by Crippen LogP contribution is -2.24. The first-order chi connectivity index (χ1) is 11.1. The van der Waals surface area contributed by atoms with E-state index in [9.17, 15) is 9.59 Å². The highest BCUT2D eigenvalue weighted by atomic mass is 16.2. The van der Waals surface area contributed by atoms with Crippen molar-refractivity contribution in [3.8, 4) is 5.69 Å². The van der Waals surface area contributed by atoms with Crippen LogP contribution in [0.3, 0.4) is 0 Å². The fourth-order valence-corrected chi connectivity index (χ4v) is 2.77. The van der Waals surface area contributed by atoms with Gasteiger partial charge in [-0.25, -0.2) is 9.20 Å². The maximum Gasteiger partial charge on any atom is 0.355 e. The van der Waals surface area contributed by atoms with Crippen molar-refractivity contribution in [1.82, 2.24) is 18.7 Å². The lowest BCUT2D eigenvalue weighted by molar-refractivity contribution is 0.841. The lowest BCUT2D eigenvalue weighted by Gasteiger charge is -2.05. The Bertz CT molecular complexity index is 1160. The summed E-state index contributed by atoms with van der Waals surface area (Å²) in [5.74, 6) is 0. The van der Waals surface area contributed by atoms with Gasteiger partial charge in [0.25, 0.3) is 5.56 Å². The Balaban J connectivity index is 2.19. The zero-order valence-electron chi connectivity index (χ0n) is 12.7. The maximum atomic E-state index is 12.8. The molecule has 2 aromatic carbocycles. The number of nitrogens with zero attached hydrogens (tertiary/aromatic N) is 4.